The molecule has 0 spiro atoms. The van der Waals surface area contributed by atoms with E-state index in [4.69, 9.17) is 0 Å². The van der Waals surface area contributed by atoms with E-state index in [-0.39, 0.29) is 11.4 Å². The summed E-state index contributed by atoms with van der Waals surface area (Å²) >= 11 is 0. The van der Waals surface area contributed by atoms with Crippen LogP contribution >= 0.6 is 0 Å². The van der Waals surface area contributed by atoms with Gasteiger partial charge in [0.05, 0.1) is 10.6 Å². The fourth-order valence-corrected chi connectivity index (χ4v) is 5.39. The van der Waals surface area contributed by atoms with Crippen LogP contribution in [0, 0.1) is 13.8 Å². The van der Waals surface area contributed by atoms with Crippen LogP contribution < -0.4 is 9.62 Å². The molecule has 1 N–H and O–H groups in total. The van der Waals surface area contributed by atoms with Crippen molar-refractivity contribution in [1.82, 2.24) is 0 Å². The van der Waals surface area contributed by atoms with Crippen molar-refractivity contribution in [1.29, 1.82) is 0 Å². The lowest BCUT2D eigenvalue weighted by atomic mass is 10.1. The van der Waals surface area contributed by atoms with Crippen molar-refractivity contribution in [2.24, 2.45) is 0 Å². The molecule has 0 aliphatic heterocycles. The van der Waals surface area contributed by atoms with Crippen LogP contribution in [0.1, 0.15) is 11.1 Å². The van der Waals surface area contributed by atoms with Gasteiger partial charge in [-0.1, -0.05) is 66.7 Å². The molecule has 0 radical (unpaired) electrons. The van der Waals surface area contributed by atoms with Gasteiger partial charge in [0.15, 0.2) is 0 Å². The van der Waals surface area contributed by atoms with Crippen molar-refractivity contribution >= 4 is 38.1 Å². The van der Waals surface area contributed by atoms with E-state index < -0.39 is 15.9 Å². The van der Waals surface area contributed by atoms with Crippen LogP contribution in [0.4, 0.5) is 11.4 Å². The number of fused-ring (bicyclic) bond motifs is 1. The number of carbonyl (C=O) groups is 1. The molecule has 0 aliphatic rings. The van der Waals surface area contributed by atoms with Gasteiger partial charge in [-0.2, -0.15) is 0 Å². The van der Waals surface area contributed by atoms with Gasteiger partial charge in [0.25, 0.3) is 10.0 Å². The van der Waals surface area contributed by atoms with Gasteiger partial charge >= 0.3 is 0 Å². The van der Waals surface area contributed by atoms with Crippen molar-refractivity contribution in [2.75, 3.05) is 16.2 Å². The smallest absolute Gasteiger partial charge is 0.265 e. The zero-order valence-electron chi connectivity index (χ0n) is 17.9. The van der Waals surface area contributed by atoms with Crippen molar-refractivity contribution < 1.29 is 13.2 Å². The zero-order valence-corrected chi connectivity index (χ0v) is 18.8. The molecule has 5 nitrogen and oxygen atoms in total. The second-order valence-electron chi connectivity index (χ2n) is 7.62. The van der Waals surface area contributed by atoms with Crippen LogP contribution in [-0.4, -0.2) is 20.9 Å². The zero-order chi connectivity index (χ0) is 22.7. The van der Waals surface area contributed by atoms with Crippen LogP contribution in [0.15, 0.2) is 95.9 Å². The number of hydrogen-bond acceptors (Lipinski definition) is 3. The van der Waals surface area contributed by atoms with E-state index in [1.807, 2.05) is 62.4 Å². The first-order valence-corrected chi connectivity index (χ1v) is 11.7. The molecule has 0 aliphatic carbocycles. The number of aryl methyl sites for hydroxylation is 1. The molecule has 1 amide bonds. The topological polar surface area (TPSA) is 66.5 Å². The third-order valence-corrected chi connectivity index (χ3v) is 7.33. The molecule has 4 aromatic carbocycles. The second kappa shape index (κ2) is 8.85. The summed E-state index contributed by atoms with van der Waals surface area (Å²) in [4.78, 5) is 13.1. The van der Waals surface area contributed by atoms with Crippen molar-refractivity contribution in [3.63, 3.8) is 0 Å². The number of sulfonamides is 1. The lowest BCUT2D eigenvalue weighted by Crippen LogP contribution is -2.38. The Morgan fingerprint density at radius 1 is 0.812 bits per heavy atom. The number of benzene rings is 4. The van der Waals surface area contributed by atoms with Gasteiger partial charge in [0.2, 0.25) is 5.91 Å². The maximum absolute atomic E-state index is 13.9. The molecule has 0 bridgehead atoms. The summed E-state index contributed by atoms with van der Waals surface area (Å²) in [6, 6.07) is 27.0. The molecule has 4 aromatic rings. The van der Waals surface area contributed by atoms with E-state index in [2.05, 4.69) is 5.32 Å². The minimum atomic E-state index is -4.03. The number of rotatable bonds is 6. The fourth-order valence-electron chi connectivity index (χ4n) is 3.70. The third kappa shape index (κ3) is 4.22. The molecule has 6 heteroatoms. The van der Waals surface area contributed by atoms with Gasteiger partial charge in [-0.25, -0.2) is 8.42 Å². The lowest BCUT2D eigenvalue weighted by molar-refractivity contribution is -0.114. The minimum absolute atomic E-state index is 0.170. The van der Waals surface area contributed by atoms with Gasteiger partial charge in [0.1, 0.15) is 6.54 Å². The SMILES string of the molecule is Cc1cccc(N(CC(=O)Nc2ccccc2)S(=O)(=O)c2cccc3ccccc23)c1C. The molecule has 0 saturated carbocycles. The first kappa shape index (κ1) is 21.6. The summed E-state index contributed by atoms with van der Waals surface area (Å²) < 4.78 is 29.1. The van der Waals surface area contributed by atoms with Crippen LogP contribution in [-0.2, 0) is 14.8 Å². The standard InChI is InChI=1S/C26H24N2O3S/c1-19-10-8-16-24(20(19)2)28(18-26(29)27-22-13-4-3-5-14-22)32(30,31)25-17-9-12-21-11-6-7-15-23(21)25/h3-17H,18H2,1-2H3,(H,27,29). The number of nitrogens with one attached hydrogen (secondary N) is 1. The summed E-state index contributed by atoms with van der Waals surface area (Å²) in [5.74, 6) is -0.416. The van der Waals surface area contributed by atoms with Crippen LogP contribution in [0.3, 0.4) is 0 Å². The highest BCUT2D eigenvalue weighted by molar-refractivity contribution is 7.93. The van der Waals surface area contributed by atoms with Gasteiger partial charge in [-0.3, -0.25) is 9.10 Å². The normalized spacial score (nSPS) is 11.3. The minimum Gasteiger partial charge on any atom is -0.325 e. The molecule has 0 saturated heterocycles. The molecule has 0 aromatic heterocycles. The van der Waals surface area contributed by atoms with E-state index in [0.717, 1.165) is 16.5 Å². The molecular weight excluding hydrogens is 420 g/mol. The first-order chi connectivity index (χ1) is 15.4. The average molecular weight is 445 g/mol. The number of anilines is 2. The second-order valence-corrected chi connectivity index (χ2v) is 9.45. The third-order valence-electron chi connectivity index (χ3n) is 5.51. The maximum atomic E-state index is 13.9. The van der Waals surface area contributed by atoms with E-state index in [1.54, 1.807) is 42.5 Å². The largest absolute Gasteiger partial charge is 0.325 e. The molecule has 0 fully saturated rings. The number of para-hydroxylation sites is 1. The van der Waals surface area contributed by atoms with E-state index in [9.17, 15) is 13.2 Å². The van der Waals surface area contributed by atoms with E-state index in [0.29, 0.717) is 16.8 Å². The Bertz CT molecular complexity index is 1380. The Morgan fingerprint density at radius 3 is 2.25 bits per heavy atom. The van der Waals surface area contributed by atoms with Crippen molar-refractivity contribution in [2.45, 2.75) is 18.7 Å². The lowest BCUT2D eigenvalue weighted by Gasteiger charge is -2.27. The predicted octanol–water partition coefficient (Wildman–Crippen LogP) is 5.29. The monoisotopic (exact) mass is 444 g/mol. The van der Waals surface area contributed by atoms with Crippen molar-refractivity contribution in [3.8, 4) is 0 Å². The van der Waals surface area contributed by atoms with Gasteiger partial charge in [-0.05, 0) is 54.6 Å². The molecule has 4 rings (SSSR count). The molecule has 162 valence electrons. The van der Waals surface area contributed by atoms with Gasteiger partial charge in [-0.15, -0.1) is 0 Å². The van der Waals surface area contributed by atoms with Gasteiger partial charge in [0, 0.05) is 11.1 Å². The van der Waals surface area contributed by atoms with Gasteiger partial charge < -0.3 is 5.32 Å². The Morgan fingerprint density at radius 2 is 1.47 bits per heavy atom. The Balaban J connectivity index is 1.81. The first-order valence-electron chi connectivity index (χ1n) is 10.3. The number of nitrogens with zero attached hydrogens (tertiary/aromatic N) is 1. The molecule has 32 heavy (non-hydrogen) atoms. The Kier molecular flexibility index (Phi) is 5.97. The average Bonchev–Trinajstić information content (AvgIpc) is 2.80. The van der Waals surface area contributed by atoms with Crippen LogP contribution in [0.25, 0.3) is 10.8 Å². The van der Waals surface area contributed by atoms with Crippen LogP contribution in [0.5, 0.6) is 0 Å². The highest BCUT2D eigenvalue weighted by atomic mass is 32.2. The van der Waals surface area contributed by atoms with E-state index in [1.165, 1.54) is 4.31 Å². The van der Waals surface area contributed by atoms with Crippen LogP contribution in [0.2, 0.25) is 0 Å². The van der Waals surface area contributed by atoms with Crippen molar-refractivity contribution in [3.05, 3.63) is 102 Å². The number of hydrogen-bond donors (Lipinski definition) is 1. The molecular formula is C26H24N2O3S. The summed E-state index contributed by atoms with van der Waals surface area (Å²) in [6.45, 7) is 3.45. The highest BCUT2D eigenvalue weighted by Gasteiger charge is 2.30. The highest BCUT2D eigenvalue weighted by Crippen LogP contribution is 2.31. The molecule has 0 heterocycles. The summed E-state index contributed by atoms with van der Waals surface area (Å²) in [6.07, 6.45) is 0. The fraction of sp³-hybridized carbons (Fsp3) is 0.115. The summed E-state index contributed by atoms with van der Waals surface area (Å²) in [7, 11) is -4.03. The molecule has 0 unspecified atom stereocenters. The number of carbonyl (C=O) groups excluding carboxylic acids is 1. The quantitative estimate of drug-likeness (QED) is 0.439. The summed E-state index contributed by atoms with van der Waals surface area (Å²) in [5, 5.41) is 4.23. The summed E-state index contributed by atoms with van der Waals surface area (Å²) in [5.41, 5.74) is 2.86. The van der Waals surface area contributed by atoms with E-state index >= 15 is 0 Å². The maximum Gasteiger partial charge on any atom is 0.265 e. The Hall–Kier alpha value is -3.64. The Labute approximate surface area is 188 Å². The molecule has 0 atom stereocenters. The predicted molar refractivity (Wildman–Crippen MR) is 129 cm³/mol. The number of amides is 1.